The molecule has 0 atom stereocenters. The fraction of sp³-hybridized carbons (Fsp3) is 0.188. The fourth-order valence-electron chi connectivity index (χ4n) is 1.96. The van der Waals surface area contributed by atoms with Crippen molar-refractivity contribution in [2.24, 2.45) is 0 Å². The van der Waals surface area contributed by atoms with Gasteiger partial charge in [0, 0.05) is 12.7 Å². The van der Waals surface area contributed by atoms with Crippen LogP contribution >= 0.6 is 0 Å². The maximum Gasteiger partial charge on any atom is 0.243 e. The number of sulfonamides is 1. The second kappa shape index (κ2) is 7.21. The highest BCUT2D eigenvalue weighted by atomic mass is 32.2. The van der Waals surface area contributed by atoms with Gasteiger partial charge in [-0.15, -0.1) is 0 Å². The van der Waals surface area contributed by atoms with Gasteiger partial charge in [-0.05, 0) is 43.3 Å². The van der Waals surface area contributed by atoms with Gasteiger partial charge in [0.15, 0.2) is 0 Å². The summed E-state index contributed by atoms with van der Waals surface area (Å²) >= 11 is 0. The predicted octanol–water partition coefficient (Wildman–Crippen LogP) is 1.52. The highest BCUT2D eigenvalue weighted by Crippen LogP contribution is 2.15. The number of nitrogens with zero attached hydrogens (tertiary/aromatic N) is 3. The summed E-state index contributed by atoms with van der Waals surface area (Å²) in [5, 5.41) is 11.3. The molecule has 0 spiro atoms. The molecule has 0 radical (unpaired) electrons. The van der Waals surface area contributed by atoms with Crippen molar-refractivity contribution in [3.8, 4) is 6.07 Å². The van der Waals surface area contributed by atoms with Crippen LogP contribution in [0.25, 0.3) is 0 Å². The maximum atomic E-state index is 12.4. The van der Waals surface area contributed by atoms with E-state index in [1.54, 1.807) is 25.1 Å². The molecule has 8 heteroatoms. The van der Waals surface area contributed by atoms with Crippen LogP contribution in [0.15, 0.2) is 47.4 Å². The molecule has 0 unspecified atom stereocenters. The highest BCUT2D eigenvalue weighted by molar-refractivity contribution is 7.89. The Hall–Kier alpha value is -2.76. The number of anilines is 1. The number of hydrogen-bond acceptors (Lipinski definition) is 5. The molecule has 0 aliphatic heterocycles. The largest absolute Gasteiger partial charge is 0.310 e. The molecule has 0 bridgehead atoms. The molecular formula is C16H16N4O3S. The number of hydrogen-bond donors (Lipinski definition) is 1. The van der Waals surface area contributed by atoms with Crippen LogP contribution in [-0.2, 0) is 14.8 Å². The van der Waals surface area contributed by atoms with Crippen molar-refractivity contribution in [2.45, 2.75) is 11.8 Å². The number of carbonyl (C=O) groups excluding carboxylic acids is 1. The monoisotopic (exact) mass is 344 g/mol. The van der Waals surface area contributed by atoms with E-state index < -0.39 is 15.9 Å². The van der Waals surface area contributed by atoms with Gasteiger partial charge in [-0.25, -0.2) is 13.4 Å². The lowest BCUT2D eigenvalue weighted by molar-refractivity contribution is -0.116. The Bertz CT molecular complexity index is 886. The SMILES string of the molecule is Cc1cccc(NC(=O)CN(C)S(=O)(=O)c2ccc(C#N)cc2)n1. The molecule has 0 fully saturated rings. The number of aromatic nitrogens is 1. The minimum absolute atomic E-state index is 0.0190. The summed E-state index contributed by atoms with van der Waals surface area (Å²) in [6.45, 7) is 1.44. The number of pyridine rings is 1. The van der Waals surface area contributed by atoms with E-state index in [1.165, 1.54) is 31.3 Å². The first-order valence-corrected chi connectivity index (χ1v) is 8.47. The molecular weight excluding hydrogens is 328 g/mol. The number of amides is 1. The van der Waals surface area contributed by atoms with Gasteiger partial charge in [-0.1, -0.05) is 6.07 Å². The van der Waals surface area contributed by atoms with Gasteiger partial charge in [0.2, 0.25) is 15.9 Å². The molecule has 0 saturated carbocycles. The van der Waals surface area contributed by atoms with Crippen LogP contribution < -0.4 is 5.32 Å². The van der Waals surface area contributed by atoms with Crippen LogP contribution in [0.3, 0.4) is 0 Å². The number of nitrogens with one attached hydrogen (secondary N) is 1. The van der Waals surface area contributed by atoms with E-state index in [1.807, 2.05) is 6.07 Å². The van der Waals surface area contributed by atoms with Gasteiger partial charge < -0.3 is 5.32 Å². The number of likely N-dealkylation sites (N-methyl/N-ethyl adjacent to an activating group) is 1. The molecule has 1 aromatic carbocycles. The van der Waals surface area contributed by atoms with E-state index >= 15 is 0 Å². The standard InChI is InChI=1S/C16H16N4O3S/c1-12-4-3-5-15(18-12)19-16(21)11-20(2)24(22,23)14-8-6-13(10-17)7-9-14/h3-9H,11H2,1-2H3,(H,18,19,21). The number of nitriles is 1. The van der Waals surface area contributed by atoms with Gasteiger partial charge in [-0.3, -0.25) is 4.79 Å². The predicted molar refractivity (Wildman–Crippen MR) is 88.6 cm³/mol. The first-order chi connectivity index (χ1) is 11.3. The molecule has 1 aromatic heterocycles. The molecule has 0 aliphatic rings. The number of carbonyl (C=O) groups is 1. The van der Waals surface area contributed by atoms with Crippen molar-refractivity contribution < 1.29 is 13.2 Å². The van der Waals surface area contributed by atoms with Gasteiger partial charge in [0.1, 0.15) is 5.82 Å². The van der Waals surface area contributed by atoms with Gasteiger partial charge >= 0.3 is 0 Å². The normalized spacial score (nSPS) is 11.1. The van der Waals surface area contributed by atoms with Crippen molar-refractivity contribution in [1.82, 2.24) is 9.29 Å². The second-order valence-corrected chi connectivity index (χ2v) is 7.15. The Morgan fingerprint density at radius 2 is 1.92 bits per heavy atom. The minimum atomic E-state index is -3.82. The molecule has 1 N–H and O–H groups in total. The molecule has 0 aliphatic carbocycles. The smallest absolute Gasteiger partial charge is 0.243 e. The quantitative estimate of drug-likeness (QED) is 0.886. The average molecular weight is 344 g/mol. The zero-order chi connectivity index (χ0) is 17.7. The number of benzene rings is 1. The molecule has 2 rings (SSSR count). The van der Waals surface area contributed by atoms with Crippen molar-refractivity contribution in [3.05, 3.63) is 53.7 Å². The molecule has 1 heterocycles. The number of aryl methyl sites for hydroxylation is 1. The Morgan fingerprint density at radius 1 is 1.25 bits per heavy atom. The summed E-state index contributed by atoms with van der Waals surface area (Å²) in [4.78, 5) is 16.2. The van der Waals surface area contributed by atoms with Crippen molar-refractivity contribution in [3.63, 3.8) is 0 Å². The van der Waals surface area contributed by atoms with Gasteiger partial charge in [0.25, 0.3) is 0 Å². The third kappa shape index (κ3) is 4.16. The Kier molecular flexibility index (Phi) is 5.28. The van der Waals surface area contributed by atoms with E-state index in [4.69, 9.17) is 5.26 Å². The van der Waals surface area contributed by atoms with Crippen LogP contribution in [0.2, 0.25) is 0 Å². The molecule has 7 nitrogen and oxygen atoms in total. The molecule has 0 saturated heterocycles. The summed E-state index contributed by atoms with van der Waals surface area (Å²) in [7, 11) is -2.50. The maximum absolute atomic E-state index is 12.4. The topological polar surface area (TPSA) is 103 Å². The van der Waals surface area contributed by atoms with Crippen LogP contribution in [0.1, 0.15) is 11.3 Å². The number of rotatable bonds is 5. The Morgan fingerprint density at radius 3 is 2.50 bits per heavy atom. The summed E-state index contributed by atoms with van der Waals surface area (Å²) < 4.78 is 25.8. The second-order valence-electron chi connectivity index (χ2n) is 5.11. The van der Waals surface area contributed by atoms with Crippen molar-refractivity contribution >= 4 is 21.7 Å². The van der Waals surface area contributed by atoms with E-state index in [0.29, 0.717) is 11.4 Å². The third-order valence-corrected chi connectivity index (χ3v) is 5.03. The zero-order valence-corrected chi connectivity index (χ0v) is 14.0. The lowest BCUT2D eigenvalue weighted by Gasteiger charge is -2.16. The molecule has 1 amide bonds. The van der Waals surface area contributed by atoms with Crippen LogP contribution in [0.4, 0.5) is 5.82 Å². The average Bonchev–Trinajstić information content (AvgIpc) is 2.54. The van der Waals surface area contributed by atoms with Gasteiger partial charge in [0.05, 0.1) is 23.1 Å². The van der Waals surface area contributed by atoms with E-state index in [9.17, 15) is 13.2 Å². The highest BCUT2D eigenvalue weighted by Gasteiger charge is 2.23. The minimum Gasteiger partial charge on any atom is -0.310 e. The third-order valence-electron chi connectivity index (χ3n) is 3.21. The van der Waals surface area contributed by atoms with E-state index in [0.717, 1.165) is 10.00 Å². The van der Waals surface area contributed by atoms with Gasteiger partial charge in [-0.2, -0.15) is 9.57 Å². The molecule has 2 aromatic rings. The van der Waals surface area contributed by atoms with Crippen molar-refractivity contribution in [1.29, 1.82) is 5.26 Å². The van der Waals surface area contributed by atoms with Crippen molar-refractivity contribution in [2.75, 3.05) is 18.9 Å². The van der Waals surface area contributed by atoms with Crippen LogP contribution in [0, 0.1) is 18.3 Å². The zero-order valence-electron chi connectivity index (χ0n) is 13.2. The Balaban J connectivity index is 2.08. The first kappa shape index (κ1) is 17.6. The lowest BCUT2D eigenvalue weighted by Crippen LogP contribution is -2.35. The van der Waals surface area contributed by atoms with E-state index in [2.05, 4.69) is 10.3 Å². The Labute approximate surface area is 140 Å². The summed E-state index contributed by atoms with van der Waals surface area (Å²) in [5.74, 6) is -0.128. The summed E-state index contributed by atoms with van der Waals surface area (Å²) in [6.07, 6.45) is 0. The summed E-state index contributed by atoms with van der Waals surface area (Å²) in [6, 6.07) is 12.6. The van der Waals surface area contributed by atoms with E-state index in [-0.39, 0.29) is 11.4 Å². The summed E-state index contributed by atoms with van der Waals surface area (Å²) in [5.41, 5.74) is 1.10. The molecule has 24 heavy (non-hydrogen) atoms. The lowest BCUT2D eigenvalue weighted by atomic mass is 10.2. The van der Waals surface area contributed by atoms with Crippen LogP contribution in [0.5, 0.6) is 0 Å². The fourth-order valence-corrected chi connectivity index (χ4v) is 3.09. The first-order valence-electron chi connectivity index (χ1n) is 7.03. The van der Waals surface area contributed by atoms with Crippen LogP contribution in [-0.4, -0.2) is 37.2 Å². The molecule has 124 valence electrons.